The van der Waals surface area contributed by atoms with Crippen LogP contribution in [0.5, 0.6) is 0 Å². The molecule has 1 unspecified atom stereocenters. The van der Waals surface area contributed by atoms with Crippen molar-refractivity contribution in [2.24, 2.45) is 0 Å². The number of carboxylic acids is 1. The van der Waals surface area contributed by atoms with E-state index in [0.717, 1.165) is 4.88 Å². The van der Waals surface area contributed by atoms with Crippen LogP contribution in [0.2, 0.25) is 0 Å². The Balaban J connectivity index is 2.67. The van der Waals surface area contributed by atoms with Crippen molar-refractivity contribution in [3.63, 3.8) is 0 Å². The van der Waals surface area contributed by atoms with Crippen LogP contribution in [0.15, 0.2) is 12.1 Å². The number of nitrogens with one attached hydrogen (secondary N) is 1. The van der Waals surface area contributed by atoms with Gasteiger partial charge in [0.15, 0.2) is 0 Å². The molecule has 0 spiro atoms. The third-order valence-electron chi connectivity index (χ3n) is 1.98. The lowest BCUT2D eigenvalue weighted by atomic mass is 10.2. The molecule has 0 bridgehead atoms. The fourth-order valence-electron chi connectivity index (χ4n) is 1.19. The number of alkyl halides is 2. The number of halogens is 2. The van der Waals surface area contributed by atoms with Crippen molar-refractivity contribution in [2.45, 2.75) is 25.8 Å². The molecule has 0 aliphatic heterocycles. The Bertz CT molecular complexity index is 419. The Labute approximate surface area is 100 Å². The molecular weight excluding hydrogens is 252 g/mol. The molecule has 1 amide bonds. The van der Waals surface area contributed by atoms with Gasteiger partial charge in [-0.3, -0.25) is 4.79 Å². The Morgan fingerprint density at radius 1 is 1.47 bits per heavy atom. The number of carbonyl (C=O) groups excluding carboxylic acids is 1. The Hall–Kier alpha value is -1.50. The summed E-state index contributed by atoms with van der Waals surface area (Å²) in [6.45, 7) is 1.79. The number of carbonyl (C=O) groups is 2. The average molecular weight is 263 g/mol. The van der Waals surface area contributed by atoms with Gasteiger partial charge in [0.2, 0.25) is 6.43 Å². The second-order valence-electron chi connectivity index (χ2n) is 3.40. The molecule has 1 atom stereocenters. The summed E-state index contributed by atoms with van der Waals surface area (Å²) in [7, 11) is 0. The van der Waals surface area contributed by atoms with Gasteiger partial charge in [0.25, 0.3) is 5.91 Å². The molecule has 7 heteroatoms. The van der Waals surface area contributed by atoms with E-state index in [4.69, 9.17) is 5.11 Å². The minimum Gasteiger partial charge on any atom is -0.480 e. The molecule has 2 N–H and O–H groups in total. The molecule has 0 aliphatic carbocycles. The van der Waals surface area contributed by atoms with Crippen LogP contribution in [0.3, 0.4) is 0 Å². The highest BCUT2D eigenvalue weighted by Gasteiger charge is 2.24. The number of hydrogen-bond acceptors (Lipinski definition) is 3. The number of thiophene rings is 1. The Kier molecular flexibility index (Phi) is 4.56. The molecule has 0 saturated heterocycles. The number of amides is 1. The van der Waals surface area contributed by atoms with E-state index in [1.807, 2.05) is 0 Å². The van der Waals surface area contributed by atoms with Crippen LogP contribution < -0.4 is 5.32 Å². The molecule has 1 aromatic heterocycles. The quantitative estimate of drug-likeness (QED) is 0.852. The number of aryl methyl sites for hydroxylation is 1. The first-order valence-corrected chi connectivity index (χ1v) is 5.60. The largest absolute Gasteiger partial charge is 0.480 e. The van der Waals surface area contributed by atoms with Gasteiger partial charge in [-0.25, -0.2) is 13.6 Å². The molecule has 0 fully saturated rings. The third-order valence-corrected chi connectivity index (χ3v) is 2.98. The molecule has 1 aromatic rings. The molecule has 1 heterocycles. The van der Waals surface area contributed by atoms with Crippen LogP contribution in [0.4, 0.5) is 8.78 Å². The topological polar surface area (TPSA) is 66.4 Å². The van der Waals surface area contributed by atoms with Crippen LogP contribution in [-0.2, 0) is 4.79 Å². The number of hydrogen-bond donors (Lipinski definition) is 2. The average Bonchev–Trinajstić information content (AvgIpc) is 2.63. The van der Waals surface area contributed by atoms with Gasteiger partial charge >= 0.3 is 5.97 Å². The molecule has 0 saturated carbocycles. The zero-order chi connectivity index (χ0) is 13.0. The number of rotatable bonds is 5. The molecule has 0 aromatic carbocycles. The van der Waals surface area contributed by atoms with Crippen LogP contribution in [0.25, 0.3) is 0 Å². The Morgan fingerprint density at radius 2 is 2.12 bits per heavy atom. The maximum atomic E-state index is 12.1. The van der Waals surface area contributed by atoms with Crippen LogP contribution >= 0.6 is 11.3 Å². The second-order valence-corrected chi connectivity index (χ2v) is 4.69. The highest BCUT2D eigenvalue weighted by Crippen LogP contribution is 2.15. The maximum absolute atomic E-state index is 12.1. The maximum Gasteiger partial charge on any atom is 0.326 e. The minimum atomic E-state index is -2.78. The van der Waals surface area contributed by atoms with Gasteiger partial charge in [0.1, 0.15) is 6.04 Å². The predicted octanol–water partition coefficient (Wildman–Crippen LogP) is 1.89. The first-order chi connectivity index (χ1) is 7.90. The summed E-state index contributed by atoms with van der Waals surface area (Å²) in [6, 6.07) is 1.66. The normalized spacial score (nSPS) is 12.5. The van der Waals surface area contributed by atoms with Crippen molar-refractivity contribution in [2.75, 3.05) is 0 Å². The molecule has 0 radical (unpaired) electrons. The van der Waals surface area contributed by atoms with E-state index in [2.05, 4.69) is 5.32 Å². The lowest BCUT2D eigenvalue weighted by Gasteiger charge is -2.12. The van der Waals surface area contributed by atoms with E-state index >= 15 is 0 Å². The predicted molar refractivity (Wildman–Crippen MR) is 58.6 cm³/mol. The highest BCUT2D eigenvalue weighted by molar-refractivity contribution is 7.13. The van der Waals surface area contributed by atoms with Crippen LogP contribution in [0, 0.1) is 6.92 Å². The third kappa shape index (κ3) is 4.10. The van der Waals surface area contributed by atoms with Crippen LogP contribution in [0.1, 0.15) is 21.0 Å². The SMILES string of the molecule is Cc1ccc(C(=O)NC(CC(F)F)C(=O)O)s1. The van der Waals surface area contributed by atoms with Crippen molar-refractivity contribution >= 4 is 23.2 Å². The van der Waals surface area contributed by atoms with E-state index in [0.29, 0.717) is 4.88 Å². The van der Waals surface area contributed by atoms with E-state index in [1.165, 1.54) is 17.4 Å². The summed E-state index contributed by atoms with van der Waals surface area (Å²) in [6.07, 6.45) is -3.67. The summed E-state index contributed by atoms with van der Waals surface area (Å²) in [4.78, 5) is 23.4. The fourth-order valence-corrected chi connectivity index (χ4v) is 1.96. The van der Waals surface area contributed by atoms with Gasteiger partial charge in [-0.15, -0.1) is 11.3 Å². The van der Waals surface area contributed by atoms with Crippen molar-refractivity contribution in [3.8, 4) is 0 Å². The summed E-state index contributed by atoms with van der Waals surface area (Å²) < 4.78 is 24.2. The molecule has 0 aliphatic rings. The van der Waals surface area contributed by atoms with Gasteiger partial charge in [-0.05, 0) is 19.1 Å². The molecule has 1 rings (SSSR count). The zero-order valence-corrected chi connectivity index (χ0v) is 9.76. The first-order valence-electron chi connectivity index (χ1n) is 4.78. The summed E-state index contributed by atoms with van der Waals surface area (Å²) in [5.74, 6) is -2.11. The lowest BCUT2D eigenvalue weighted by Crippen LogP contribution is -2.41. The van der Waals surface area contributed by atoms with E-state index < -0.39 is 30.8 Å². The minimum absolute atomic E-state index is 0.308. The van der Waals surface area contributed by atoms with Gasteiger partial charge in [-0.2, -0.15) is 0 Å². The molecule has 94 valence electrons. The van der Waals surface area contributed by atoms with Crippen molar-refractivity contribution in [3.05, 3.63) is 21.9 Å². The monoisotopic (exact) mass is 263 g/mol. The second kappa shape index (κ2) is 5.72. The fraction of sp³-hybridized carbons (Fsp3) is 0.400. The van der Waals surface area contributed by atoms with Crippen molar-refractivity contribution in [1.82, 2.24) is 5.32 Å². The van der Waals surface area contributed by atoms with E-state index in [9.17, 15) is 18.4 Å². The zero-order valence-electron chi connectivity index (χ0n) is 8.94. The van der Waals surface area contributed by atoms with Gasteiger partial charge in [-0.1, -0.05) is 0 Å². The molecular formula is C10H11F2NO3S. The Morgan fingerprint density at radius 3 is 2.53 bits per heavy atom. The van der Waals surface area contributed by atoms with Gasteiger partial charge < -0.3 is 10.4 Å². The van der Waals surface area contributed by atoms with Crippen LogP contribution in [-0.4, -0.2) is 29.5 Å². The first kappa shape index (κ1) is 13.6. The highest BCUT2D eigenvalue weighted by atomic mass is 32.1. The van der Waals surface area contributed by atoms with Gasteiger partial charge in [0.05, 0.1) is 4.88 Å². The number of carboxylic acid groups (broad SMARTS) is 1. The summed E-state index contributed by atoms with van der Waals surface area (Å²) >= 11 is 1.18. The standard InChI is InChI=1S/C10H11F2NO3S/c1-5-2-3-7(17-5)9(14)13-6(10(15)16)4-8(11)12/h2-3,6,8H,4H2,1H3,(H,13,14)(H,15,16). The summed E-state index contributed by atoms with van der Waals surface area (Å²) in [5, 5.41) is 10.7. The summed E-state index contributed by atoms with van der Waals surface area (Å²) in [5.41, 5.74) is 0. The van der Waals surface area contributed by atoms with E-state index in [1.54, 1.807) is 13.0 Å². The lowest BCUT2D eigenvalue weighted by molar-refractivity contribution is -0.140. The molecule has 17 heavy (non-hydrogen) atoms. The smallest absolute Gasteiger partial charge is 0.326 e. The van der Waals surface area contributed by atoms with Crippen molar-refractivity contribution < 1.29 is 23.5 Å². The number of aliphatic carboxylic acids is 1. The van der Waals surface area contributed by atoms with E-state index in [-0.39, 0.29) is 0 Å². The molecule has 4 nitrogen and oxygen atoms in total. The van der Waals surface area contributed by atoms with Gasteiger partial charge in [0, 0.05) is 11.3 Å². The van der Waals surface area contributed by atoms with Crippen molar-refractivity contribution in [1.29, 1.82) is 0 Å².